The third-order valence-electron chi connectivity index (χ3n) is 7.92. The summed E-state index contributed by atoms with van der Waals surface area (Å²) in [7, 11) is 0. The molecule has 9 heteroatoms. The van der Waals surface area contributed by atoms with E-state index in [1.807, 2.05) is 58.6 Å². The van der Waals surface area contributed by atoms with Crippen LogP contribution in [0, 0.1) is 23.7 Å². The Morgan fingerprint density at radius 2 is 1.76 bits per heavy atom. The third-order valence-corrected chi connectivity index (χ3v) is 7.92. The summed E-state index contributed by atoms with van der Waals surface area (Å²) in [5.74, 6) is -4.00. The smallest absolute Gasteiger partial charge is 0.353 e. The van der Waals surface area contributed by atoms with Gasteiger partial charge in [-0.3, -0.25) is 14.5 Å². The SMILES string of the molecule is C/C=C\CN1C[C@@H](C)C(=O)[C@H](C)C[C@H](C)[C@H](O[C@H]2C[C@@H](N)C[C@@H](C)O2)[C@@H](C)C(=O)[C@](C)(F)C(=O)O[C@@H]1CC. The van der Waals surface area contributed by atoms with E-state index in [0.717, 1.165) is 6.92 Å². The molecule has 2 rings (SSSR count). The number of hydrogen-bond donors (Lipinski definition) is 1. The second kappa shape index (κ2) is 14.1. The lowest BCUT2D eigenvalue weighted by Gasteiger charge is -2.39. The minimum atomic E-state index is -2.87. The molecule has 2 heterocycles. The predicted octanol–water partition coefficient (Wildman–Crippen LogP) is 4.20. The summed E-state index contributed by atoms with van der Waals surface area (Å²) in [5.41, 5.74) is 3.31. The zero-order chi connectivity index (χ0) is 28.8. The van der Waals surface area contributed by atoms with E-state index in [1.165, 1.54) is 0 Å². The number of halogens is 1. The number of rotatable bonds is 5. The Kier molecular flexibility index (Phi) is 12.1. The largest absolute Gasteiger partial charge is 0.444 e. The average molecular weight is 541 g/mol. The molecule has 0 bridgehead atoms. The summed E-state index contributed by atoms with van der Waals surface area (Å²) in [6.07, 6.45) is 3.36. The molecule has 2 saturated heterocycles. The van der Waals surface area contributed by atoms with Crippen molar-refractivity contribution in [1.29, 1.82) is 0 Å². The summed E-state index contributed by atoms with van der Waals surface area (Å²) < 4.78 is 33.8. The van der Waals surface area contributed by atoms with Crippen molar-refractivity contribution in [3.05, 3.63) is 12.2 Å². The zero-order valence-electron chi connectivity index (χ0n) is 24.4. The Morgan fingerprint density at radius 3 is 2.34 bits per heavy atom. The first kappa shape index (κ1) is 32.5. The van der Waals surface area contributed by atoms with Gasteiger partial charge in [0.05, 0.1) is 12.2 Å². The molecule has 0 radical (unpaired) electrons. The molecule has 218 valence electrons. The van der Waals surface area contributed by atoms with Crippen molar-refractivity contribution in [3.8, 4) is 0 Å². The fourth-order valence-electron chi connectivity index (χ4n) is 5.76. The number of nitrogens with zero attached hydrogens (tertiary/aromatic N) is 1. The normalized spacial score (nSPS) is 41.2. The predicted molar refractivity (Wildman–Crippen MR) is 144 cm³/mol. The number of nitrogens with two attached hydrogens (primary N) is 1. The number of ketones is 2. The van der Waals surface area contributed by atoms with Crippen LogP contribution in [-0.2, 0) is 28.6 Å². The van der Waals surface area contributed by atoms with E-state index in [4.69, 9.17) is 19.9 Å². The first-order valence-electron chi connectivity index (χ1n) is 14.1. The molecule has 0 aromatic rings. The molecule has 0 aromatic heterocycles. The van der Waals surface area contributed by atoms with E-state index in [-0.39, 0.29) is 35.7 Å². The number of ether oxygens (including phenoxy) is 3. The van der Waals surface area contributed by atoms with Gasteiger partial charge in [0, 0.05) is 43.3 Å². The minimum absolute atomic E-state index is 0.0817. The quantitative estimate of drug-likeness (QED) is 0.314. The van der Waals surface area contributed by atoms with Crippen LogP contribution in [0.25, 0.3) is 0 Å². The first-order valence-corrected chi connectivity index (χ1v) is 14.1. The lowest BCUT2D eigenvalue weighted by molar-refractivity contribution is -0.231. The first-order chi connectivity index (χ1) is 17.7. The molecule has 2 aliphatic rings. The summed E-state index contributed by atoms with van der Waals surface area (Å²) in [6, 6.07) is -0.122. The zero-order valence-corrected chi connectivity index (χ0v) is 24.4. The number of hydrogen-bond acceptors (Lipinski definition) is 8. The Bertz CT molecular complexity index is 839. The van der Waals surface area contributed by atoms with Gasteiger partial charge in [0.25, 0.3) is 5.67 Å². The van der Waals surface area contributed by atoms with Gasteiger partial charge in [0.2, 0.25) is 0 Å². The number of alkyl halides is 1. The van der Waals surface area contributed by atoms with Crippen molar-refractivity contribution < 1.29 is 33.0 Å². The van der Waals surface area contributed by atoms with Gasteiger partial charge < -0.3 is 19.9 Å². The third kappa shape index (κ3) is 8.16. The highest BCUT2D eigenvalue weighted by Gasteiger charge is 2.50. The highest BCUT2D eigenvalue weighted by atomic mass is 19.1. The van der Waals surface area contributed by atoms with Crippen molar-refractivity contribution in [2.24, 2.45) is 29.4 Å². The lowest BCUT2D eigenvalue weighted by Crippen LogP contribution is -2.52. The molecule has 0 aliphatic carbocycles. The Balaban J connectivity index is 2.45. The maximum Gasteiger partial charge on any atom is 0.353 e. The Labute approximate surface area is 227 Å². The lowest BCUT2D eigenvalue weighted by atomic mass is 9.79. The fraction of sp³-hybridized carbons (Fsp3) is 0.828. The standard InChI is InChI=1S/C29H49FN2O6/c1-9-11-12-32-16-19(5)25(33)17(3)13-18(4)26(38-24-15-22(31)14-20(6)36-24)21(7)27(34)29(8,30)28(35)37-23(32)10-2/h9,11,17-24,26H,10,12-16,31H2,1-8H3/b11-9-/t17-,18+,19-,20-,21-,22+,23-,24+,26+,29+/m1/s1. The van der Waals surface area contributed by atoms with Gasteiger partial charge in [0.15, 0.2) is 18.3 Å². The molecule has 2 N–H and O–H groups in total. The van der Waals surface area contributed by atoms with E-state index < -0.39 is 42.0 Å². The average Bonchev–Trinajstić information content (AvgIpc) is 2.85. The van der Waals surface area contributed by atoms with Crippen LogP contribution in [0.3, 0.4) is 0 Å². The number of cyclic esters (lactones) is 1. The van der Waals surface area contributed by atoms with Crippen LogP contribution in [0.15, 0.2) is 12.2 Å². The van der Waals surface area contributed by atoms with Crippen molar-refractivity contribution in [2.75, 3.05) is 13.1 Å². The van der Waals surface area contributed by atoms with Gasteiger partial charge in [0.1, 0.15) is 5.78 Å². The van der Waals surface area contributed by atoms with Gasteiger partial charge in [-0.05, 0) is 46.0 Å². The van der Waals surface area contributed by atoms with Gasteiger partial charge >= 0.3 is 5.97 Å². The second-order valence-electron chi connectivity index (χ2n) is 11.6. The number of carbonyl (C=O) groups is 3. The Hall–Kier alpha value is -1.68. The summed E-state index contributed by atoms with van der Waals surface area (Å²) in [5, 5.41) is 0. The van der Waals surface area contributed by atoms with Gasteiger partial charge in [-0.1, -0.05) is 46.8 Å². The van der Waals surface area contributed by atoms with Crippen molar-refractivity contribution in [3.63, 3.8) is 0 Å². The van der Waals surface area contributed by atoms with Gasteiger partial charge in [-0.15, -0.1) is 0 Å². The Morgan fingerprint density at radius 1 is 1.11 bits per heavy atom. The molecule has 10 atom stereocenters. The summed E-state index contributed by atoms with van der Waals surface area (Å²) in [6.45, 7) is 14.5. The minimum Gasteiger partial charge on any atom is -0.444 e. The van der Waals surface area contributed by atoms with Crippen LogP contribution in [0.1, 0.15) is 81.1 Å². The molecular formula is C29H49FN2O6. The van der Waals surface area contributed by atoms with Crippen LogP contribution in [0.4, 0.5) is 4.39 Å². The topological polar surface area (TPSA) is 108 Å². The van der Waals surface area contributed by atoms with E-state index in [1.54, 1.807) is 6.92 Å². The van der Waals surface area contributed by atoms with Crippen molar-refractivity contribution in [2.45, 2.75) is 118 Å². The van der Waals surface area contributed by atoms with Crippen molar-refractivity contribution >= 4 is 17.5 Å². The summed E-state index contributed by atoms with van der Waals surface area (Å²) >= 11 is 0. The molecule has 8 nitrogen and oxygen atoms in total. The van der Waals surface area contributed by atoms with Crippen LogP contribution < -0.4 is 5.73 Å². The molecule has 0 unspecified atom stereocenters. The number of Topliss-reactive ketones (excluding diaryl/α,β-unsaturated/α-hetero) is 2. The second-order valence-corrected chi connectivity index (χ2v) is 11.6. The molecule has 0 spiro atoms. The van der Waals surface area contributed by atoms with Gasteiger partial charge in [-0.25, -0.2) is 9.18 Å². The monoisotopic (exact) mass is 540 g/mol. The fourth-order valence-corrected chi connectivity index (χ4v) is 5.76. The highest BCUT2D eigenvalue weighted by molar-refractivity contribution is 6.07. The number of carbonyl (C=O) groups excluding carboxylic acids is 3. The molecular weight excluding hydrogens is 491 g/mol. The molecule has 2 fully saturated rings. The van der Waals surface area contributed by atoms with Crippen LogP contribution in [0.2, 0.25) is 0 Å². The molecule has 0 aromatic carbocycles. The maximum absolute atomic E-state index is 16.0. The number of esters is 1. The maximum atomic E-state index is 16.0. The molecule has 2 aliphatic heterocycles. The molecule has 0 saturated carbocycles. The van der Waals surface area contributed by atoms with E-state index >= 15 is 4.39 Å². The van der Waals surface area contributed by atoms with Crippen LogP contribution >= 0.6 is 0 Å². The van der Waals surface area contributed by atoms with Crippen LogP contribution in [0.5, 0.6) is 0 Å². The number of allylic oxidation sites excluding steroid dienone is 1. The van der Waals surface area contributed by atoms with Crippen molar-refractivity contribution in [1.82, 2.24) is 4.90 Å². The molecule has 0 amide bonds. The van der Waals surface area contributed by atoms with E-state index in [0.29, 0.717) is 38.8 Å². The van der Waals surface area contributed by atoms with E-state index in [9.17, 15) is 14.4 Å². The van der Waals surface area contributed by atoms with E-state index in [2.05, 4.69) is 0 Å². The molecule has 38 heavy (non-hydrogen) atoms. The highest BCUT2D eigenvalue weighted by Crippen LogP contribution is 2.33. The van der Waals surface area contributed by atoms with Gasteiger partial charge in [-0.2, -0.15) is 0 Å². The summed E-state index contributed by atoms with van der Waals surface area (Å²) in [4.78, 5) is 41.9. The van der Waals surface area contributed by atoms with Crippen LogP contribution in [-0.4, -0.2) is 72.0 Å².